The van der Waals surface area contributed by atoms with E-state index in [0.717, 1.165) is 17.8 Å². The van der Waals surface area contributed by atoms with Crippen LogP contribution >= 0.6 is 11.3 Å². The highest BCUT2D eigenvalue weighted by Gasteiger charge is 2.28. The highest BCUT2D eigenvalue weighted by Crippen LogP contribution is 2.30. The first-order chi connectivity index (χ1) is 9.63. The van der Waals surface area contributed by atoms with Crippen LogP contribution in [0.3, 0.4) is 0 Å². The summed E-state index contributed by atoms with van der Waals surface area (Å²) in [6.45, 7) is 3.34. The molecule has 1 aliphatic rings. The van der Waals surface area contributed by atoms with Crippen molar-refractivity contribution >= 4 is 17.2 Å². The molecule has 3 heterocycles. The second kappa shape index (κ2) is 5.20. The number of carbonyl (C=O) groups excluding carboxylic acids is 1. The van der Waals surface area contributed by atoms with E-state index < -0.39 is 5.69 Å². The topological polar surface area (TPSA) is 94.7 Å². The van der Waals surface area contributed by atoms with E-state index in [2.05, 4.69) is 20.2 Å². The van der Waals surface area contributed by atoms with Crippen molar-refractivity contribution in [2.45, 2.75) is 25.7 Å². The normalized spacial score (nSPS) is 19.2. The van der Waals surface area contributed by atoms with Gasteiger partial charge in [0, 0.05) is 30.1 Å². The number of nitrogens with one attached hydrogen (secondary N) is 2. The van der Waals surface area contributed by atoms with E-state index in [9.17, 15) is 9.59 Å². The third kappa shape index (κ3) is 2.51. The van der Waals surface area contributed by atoms with Gasteiger partial charge in [0.2, 0.25) is 5.82 Å². The summed E-state index contributed by atoms with van der Waals surface area (Å²) >= 11 is 1.68. The number of thiazole rings is 1. The Kier molecular flexibility index (Phi) is 3.39. The van der Waals surface area contributed by atoms with Crippen LogP contribution in [0.5, 0.6) is 0 Å². The van der Waals surface area contributed by atoms with Gasteiger partial charge in [-0.1, -0.05) is 0 Å². The molecule has 2 N–H and O–H groups in total. The molecule has 0 bridgehead atoms. The van der Waals surface area contributed by atoms with Crippen LogP contribution in [-0.2, 0) is 0 Å². The maximum Gasteiger partial charge on any atom is 0.341 e. The van der Waals surface area contributed by atoms with Crippen LogP contribution in [0.1, 0.15) is 39.3 Å². The maximum atomic E-state index is 12.3. The zero-order chi connectivity index (χ0) is 14.1. The molecule has 0 unspecified atom stereocenters. The standard InChI is InChI=1S/C12H15N5O2S/c1-7-5-13-10(20-7)8-3-2-4-17(6-8)11(18)9-14-12(19)16-15-9/h5,8H,2-4,6H2,1H3,(H2,14,15,16,19)/t8-/m1/s1. The maximum absolute atomic E-state index is 12.3. The lowest BCUT2D eigenvalue weighted by Crippen LogP contribution is -2.39. The number of likely N-dealkylation sites (tertiary alicyclic amines) is 1. The van der Waals surface area contributed by atoms with Gasteiger partial charge < -0.3 is 4.90 Å². The quantitative estimate of drug-likeness (QED) is 0.859. The highest BCUT2D eigenvalue weighted by molar-refractivity contribution is 7.11. The summed E-state index contributed by atoms with van der Waals surface area (Å²) in [6, 6.07) is 0. The van der Waals surface area contributed by atoms with Gasteiger partial charge in [-0.05, 0) is 19.8 Å². The molecule has 1 saturated heterocycles. The average molecular weight is 293 g/mol. The van der Waals surface area contributed by atoms with Crippen molar-refractivity contribution in [2.75, 3.05) is 13.1 Å². The summed E-state index contributed by atoms with van der Waals surface area (Å²) in [5.74, 6) is 0.115. The molecule has 8 heteroatoms. The fourth-order valence-corrected chi connectivity index (χ4v) is 3.35. The molecule has 3 rings (SSSR count). The molecule has 7 nitrogen and oxygen atoms in total. The monoisotopic (exact) mass is 293 g/mol. The van der Waals surface area contributed by atoms with E-state index in [1.807, 2.05) is 13.1 Å². The number of piperidine rings is 1. The van der Waals surface area contributed by atoms with Gasteiger partial charge in [-0.2, -0.15) is 0 Å². The van der Waals surface area contributed by atoms with Crippen LogP contribution in [0.4, 0.5) is 0 Å². The molecule has 2 aromatic rings. The lowest BCUT2D eigenvalue weighted by molar-refractivity contribution is 0.0695. The minimum absolute atomic E-state index is 0.0750. The van der Waals surface area contributed by atoms with Gasteiger partial charge in [0.05, 0.1) is 5.01 Å². The van der Waals surface area contributed by atoms with Crippen LogP contribution in [-0.4, -0.2) is 44.1 Å². The molecule has 1 aliphatic heterocycles. The zero-order valence-corrected chi connectivity index (χ0v) is 11.9. The number of hydrogen-bond acceptors (Lipinski definition) is 5. The average Bonchev–Trinajstić information content (AvgIpc) is 3.07. The van der Waals surface area contributed by atoms with Gasteiger partial charge >= 0.3 is 5.69 Å². The molecular weight excluding hydrogens is 278 g/mol. The van der Waals surface area contributed by atoms with E-state index in [-0.39, 0.29) is 17.6 Å². The molecule has 0 radical (unpaired) electrons. The molecule has 0 spiro atoms. The fourth-order valence-electron chi connectivity index (χ4n) is 2.45. The lowest BCUT2D eigenvalue weighted by atomic mass is 9.98. The van der Waals surface area contributed by atoms with Gasteiger partial charge in [-0.3, -0.25) is 9.78 Å². The van der Waals surface area contributed by atoms with Crippen molar-refractivity contribution in [1.82, 2.24) is 25.1 Å². The van der Waals surface area contributed by atoms with Crippen LogP contribution in [0.2, 0.25) is 0 Å². The van der Waals surface area contributed by atoms with Gasteiger partial charge in [-0.25, -0.2) is 14.9 Å². The summed E-state index contributed by atoms with van der Waals surface area (Å²) in [7, 11) is 0. The van der Waals surface area contributed by atoms with Crippen molar-refractivity contribution in [3.63, 3.8) is 0 Å². The minimum atomic E-state index is -0.461. The summed E-state index contributed by atoms with van der Waals surface area (Å²) in [4.78, 5) is 33.0. The Morgan fingerprint density at radius 3 is 3.05 bits per heavy atom. The SMILES string of the molecule is Cc1cnc([C@@H]2CCCN(C(=O)c3n[nH]c(=O)[nH]3)C2)s1. The molecule has 0 aromatic carbocycles. The Morgan fingerprint density at radius 1 is 1.55 bits per heavy atom. The first-order valence-electron chi connectivity index (χ1n) is 6.50. The van der Waals surface area contributed by atoms with Gasteiger partial charge in [0.25, 0.3) is 5.91 Å². The second-order valence-corrected chi connectivity index (χ2v) is 6.19. The summed E-state index contributed by atoms with van der Waals surface area (Å²) < 4.78 is 0. The van der Waals surface area contributed by atoms with Crippen LogP contribution in [0.25, 0.3) is 0 Å². The number of H-pyrrole nitrogens is 2. The third-order valence-corrected chi connectivity index (χ3v) is 4.48. The predicted molar refractivity (Wildman–Crippen MR) is 73.9 cm³/mol. The van der Waals surface area contributed by atoms with E-state index in [1.165, 1.54) is 4.88 Å². The van der Waals surface area contributed by atoms with Crippen molar-refractivity contribution in [2.24, 2.45) is 0 Å². The van der Waals surface area contributed by atoms with Crippen LogP contribution < -0.4 is 5.69 Å². The van der Waals surface area contributed by atoms with Gasteiger partial charge in [0.15, 0.2) is 0 Å². The Morgan fingerprint density at radius 2 is 2.40 bits per heavy atom. The van der Waals surface area contributed by atoms with E-state index in [0.29, 0.717) is 13.1 Å². The van der Waals surface area contributed by atoms with E-state index in [4.69, 9.17) is 0 Å². The Balaban J connectivity index is 1.75. The number of rotatable bonds is 2. The van der Waals surface area contributed by atoms with Crippen molar-refractivity contribution < 1.29 is 4.79 Å². The fraction of sp³-hybridized carbons (Fsp3) is 0.500. The van der Waals surface area contributed by atoms with Crippen LogP contribution in [0, 0.1) is 6.92 Å². The summed E-state index contributed by atoms with van der Waals surface area (Å²) in [5.41, 5.74) is -0.461. The highest BCUT2D eigenvalue weighted by atomic mass is 32.1. The molecule has 2 aromatic heterocycles. The molecule has 106 valence electrons. The second-order valence-electron chi connectivity index (χ2n) is 4.93. The first-order valence-corrected chi connectivity index (χ1v) is 7.31. The van der Waals surface area contributed by atoms with Gasteiger partial charge in [-0.15, -0.1) is 16.4 Å². The Hall–Kier alpha value is -1.96. The summed E-state index contributed by atoms with van der Waals surface area (Å²) in [6.07, 6.45) is 3.84. The zero-order valence-electron chi connectivity index (χ0n) is 11.0. The molecule has 1 amide bonds. The molecule has 20 heavy (non-hydrogen) atoms. The van der Waals surface area contributed by atoms with Crippen LogP contribution in [0.15, 0.2) is 11.0 Å². The smallest absolute Gasteiger partial charge is 0.335 e. The van der Waals surface area contributed by atoms with Crippen molar-refractivity contribution in [3.8, 4) is 0 Å². The minimum Gasteiger partial charge on any atom is -0.335 e. The predicted octanol–water partition coefficient (Wildman–Crippen LogP) is 0.883. The van der Waals surface area contributed by atoms with Crippen molar-refractivity contribution in [1.29, 1.82) is 0 Å². The Labute approximate surface area is 119 Å². The number of aromatic nitrogens is 4. The van der Waals surface area contributed by atoms with Crippen molar-refractivity contribution in [3.05, 3.63) is 32.4 Å². The van der Waals surface area contributed by atoms with Gasteiger partial charge in [0.1, 0.15) is 0 Å². The number of aromatic amines is 2. The number of amides is 1. The Bertz CT molecular complexity index is 673. The summed E-state index contributed by atoms with van der Waals surface area (Å²) in [5, 5.41) is 6.99. The number of carbonyl (C=O) groups is 1. The first kappa shape index (κ1) is 13.0. The van der Waals surface area contributed by atoms with E-state index >= 15 is 0 Å². The number of hydrogen-bond donors (Lipinski definition) is 2. The molecule has 0 saturated carbocycles. The molecule has 1 atom stereocenters. The molecular formula is C12H15N5O2S. The molecule has 0 aliphatic carbocycles. The van der Waals surface area contributed by atoms with E-state index in [1.54, 1.807) is 16.2 Å². The molecule has 1 fully saturated rings. The number of aryl methyl sites for hydroxylation is 1. The largest absolute Gasteiger partial charge is 0.341 e. The lowest BCUT2D eigenvalue weighted by Gasteiger charge is -2.31. The number of nitrogens with zero attached hydrogens (tertiary/aromatic N) is 3. The third-order valence-electron chi connectivity index (χ3n) is 3.40.